The number of aryl methyl sites for hydroxylation is 1. The topological polar surface area (TPSA) is 29.5 Å². The molecule has 1 heterocycles. The largest absolute Gasteiger partial charge is 0.497 e. The summed E-state index contributed by atoms with van der Waals surface area (Å²) in [5.74, 6) is 0.308. The first-order valence-corrected chi connectivity index (χ1v) is 6.93. The Kier molecular flexibility index (Phi) is 3.60. The molecule has 0 atom stereocenters. The average Bonchev–Trinajstić information content (AvgIpc) is 2.53. The van der Waals surface area contributed by atoms with E-state index in [1.165, 1.54) is 12.1 Å². The molecule has 0 saturated carbocycles. The van der Waals surface area contributed by atoms with Gasteiger partial charge in [-0.1, -0.05) is 6.07 Å². The van der Waals surface area contributed by atoms with Gasteiger partial charge >= 0.3 is 0 Å². The molecule has 0 unspecified atom stereocenters. The van der Waals surface area contributed by atoms with Crippen molar-refractivity contribution in [2.24, 2.45) is 0 Å². The Labute approximate surface area is 123 Å². The summed E-state index contributed by atoms with van der Waals surface area (Å²) in [4.78, 5) is 14.4. The van der Waals surface area contributed by atoms with Gasteiger partial charge in [-0.3, -0.25) is 4.79 Å². The van der Waals surface area contributed by atoms with Crippen LogP contribution in [-0.4, -0.2) is 19.6 Å². The predicted molar refractivity (Wildman–Crippen MR) is 79.4 cm³/mol. The molecule has 3 nitrogen and oxygen atoms in total. The van der Waals surface area contributed by atoms with Gasteiger partial charge < -0.3 is 9.64 Å². The Morgan fingerprint density at radius 2 is 2.10 bits per heavy atom. The first kappa shape index (κ1) is 13.6. The number of amides is 1. The maximum Gasteiger partial charge on any atom is 0.258 e. The van der Waals surface area contributed by atoms with Crippen molar-refractivity contribution in [2.45, 2.75) is 12.8 Å². The van der Waals surface area contributed by atoms with Gasteiger partial charge in [-0.25, -0.2) is 4.39 Å². The molecule has 2 aromatic carbocycles. The van der Waals surface area contributed by atoms with Gasteiger partial charge in [0.05, 0.1) is 7.11 Å². The van der Waals surface area contributed by atoms with Crippen molar-refractivity contribution in [1.82, 2.24) is 0 Å². The zero-order chi connectivity index (χ0) is 14.8. The maximum atomic E-state index is 13.3. The molecule has 1 amide bonds. The number of hydrogen-bond acceptors (Lipinski definition) is 2. The molecule has 1 aliphatic heterocycles. The molecule has 2 aromatic rings. The van der Waals surface area contributed by atoms with E-state index in [1.807, 2.05) is 0 Å². The molecule has 0 aromatic heterocycles. The van der Waals surface area contributed by atoms with Gasteiger partial charge in [0.1, 0.15) is 11.6 Å². The van der Waals surface area contributed by atoms with Crippen LogP contribution >= 0.6 is 0 Å². The number of ether oxygens (including phenoxy) is 1. The number of methoxy groups -OCH3 is 1. The fourth-order valence-electron chi connectivity index (χ4n) is 2.69. The minimum atomic E-state index is -0.260. The van der Waals surface area contributed by atoms with E-state index in [2.05, 4.69) is 0 Å². The van der Waals surface area contributed by atoms with E-state index in [1.54, 1.807) is 42.3 Å². The minimum absolute atomic E-state index is 0.0820. The van der Waals surface area contributed by atoms with Crippen LogP contribution in [-0.2, 0) is 6.42 Å². The quantitative estimate of drug-likeness (QED) is 0.846. The number of fused-ring (bicyclic) bond motifs is 1. The van der Waals surface area contributed by atoms with Crippen LogP contribution in [0.1, 0.15) is 22.3 Å². The molecule has 0 aliphatic carbocycles. The van der Waals surface area contributed by atoms with Crippen LogP contribution in [0.2, 0.25) is 0 Å². The fraction of sp³-hybridized carbons (Fsp3) is 0.235. The number of benzene rings is 2. The Morgan fingerprint density at radius 3 is 2.90 bits per heavy atom. The number of rotatable bonds is 2. The lowest BCUT2D eigenvalue weighted by Gasteiger charge is -2.29. The highest BCUT2D eigenvalue weighted by molar-refractivity contribution is 6.07. The number of carbonyl (C=O) groups is 1. The number of halogens is 1. The van der Waals surface area contributed by atoms with Gasteiger partial charge in [0.15, 0.2) is 0 Å². The third-order valence-corrected chi connectivity index (χ3v) is 3.72. The zero-order valence-corrected chi connectivity index (χ0v) is 11.8. The Balaban J connectivity index is 1.96. The molecule has 0 fully saturated rings. The highest BCUT2D eigenvalue weighted by Crippen LogP contribution is 2.29. The second kappa shape index (κ2) is 5.56. The molecule has 4 heteroatoms. The first-order chi connectivity index (χ1) is 10.2. The van der Waals surface area contributed by atoms with Gasteiger partial charge in [-0.05, 0) is 54.8 Å². The third-order valence-electron chi connectivity index (χ3n) is 3.72. The van der Waals surface area contributed by atoms with Crippen LogP contribution in [0.3, 0.4) is 0 Å². The minimum Gasteiger partial charge on any atom is -0.497 e. The van der Waals surface area contributed by atoms with Gasteiger partial charge in [0, 0.05) is 17.8 Å². The van der Waals surface area contributed by atoms with Gasteiger partial charge in [0.25, 0.3) is 5.91 Å². The standard InChI is InChI=1S/C17H16FNO2/c1-21-15-6-2-4-13(11-15)17(20)19-9-3-5-12-10-14(18)7-8-16(12)19/h2,4,6-8,10-11H,3,5,9H2,1H3. The van der Waals surface area contributed by atoms with Crippen LogP contribution in [0.4, 0.5) is 10.1 Å². The number of nitrogens with zero attached hydrogens (tertiary/aromatic N) is 1. The van der Waals surface area contributed by atoms with Crippen molar-refractivity contribution in [3.8, 4) is 5.75 Å². The SMILES string of the molecule is COc1cccc(C(=O)N2CCCc3cc(F)ccc32)c1. The zero-order valence-electron chi connectivity index (χ0n) is 11.8. The maximum absolute atomic E-state index is 13.3. The van der Waals surface area contributed by atoms with Crippen molar-refractivity contribution in [3.63, 3.8) is 0 Å². The summed E-state index contributed by atoms with van der Waals surface area (Å²) < 4.78 is 18.5. The molecule has 108 valence electrons. The summed E-state index contributed by atoms with van der Waals surface area (Å²) in [5, 5.41) is 0. The lowest BCUT2D eigenvalue weighted by Crippen LogP contribution is -2.35. The molecular weight excluding hydrogens is 269 g/mol. The molecular formula is C17H16FNO2. The van der Waals surface area contributed by atoms with E-state index >= 15 is 0 Å². The van der Waals surface area contributed by atoms with Crippen molar-refractivity contribution >= 4 is 11.6 Å². The molecule has 1 aliphatic rings. The molecule has 0 spiro atoms. The van der Waals surface area contributed by atoms with E-state index in [-0.39, 0.29) is 11.7 Å². The molecule has 0 N–H and O–H groups in total. The molecule has 0 radical (unpaired) electrons. The van der Waals surface area contributed by atoms with E-state index in [0.29, 0.717) is 17.9 Å². The van der Waals surface area contributed by atoms with Crippen LogP contribution in [0, 0.1) is 5.82 Å². The van der Waals surface area contributed by atoms with Gasteiger partial charge in [-0.2, -0.15) is 0 Å². The summed E-state index contributed by atoms with van der Waals surface area (Å²) >= 11 is 0. The predicted octanol–water partition coefficient (Wildman–Crippen LogP) is 3.43. The van der Waals surface area contributed by atoms with E-state index < -0.39 is 0 Å². The first-order valence-electron chi connectivity index (χ1n) is 6.93. The van der Waals surface area contributed by atoms with Crippen LogP contribution < -0.4 is 9.64 Å². The fourth-order valence-corrected chi connectivity index (χ4v) is 2.69. The summed E-state index contributed by atoms with van der Waals surface area (Å²) in [7, 11) is 1.57. The van der Waals surface area contributed by atoms with Gasteiger partial charge in [-0.15, -0.1) is 0 Å². The normalized spacial score (nSPS) is 13.7. The third kappa shape index (κ3) is 2.61. The summed E-state index contributed by atoms with van der Waals surface area (Å²) in [6.45, 7) is 0.647. The molecule has 0 bridgehead atoms. The highest BCUT2D eigenvalue weighted by Gasteiger charge is 2.24. The van der Waals surface area contributed by atoms with Crippen molar-refractivity contribution < 1.29 is 13.9 Å². The molecule has 3 rings (SSSR count). The average molecular weight is 285 g/mol. The molecule has 21 heavy (non-hydrogen) atoms. The Morgan fingerprint density at radius 1 is 1.24 bits per heavy atom. The van der Waals surface area contributed by atoms with Gasteiger partial charge in [0.2, 0.25) is 0 Å². The summed E-state index contributed by atoms with van der Waals surface area (Å²) in [6, 6.07) is 11.7. The van der Waals surface area contributed by atoms with Crippen LogP contribution in [0.25, 0.3) is 0 Å². The lowest BCUT2D eigenvalue weighted by atomic mass is 10.0. The van der Waals surface area contributed by atoms with Crippen molar-refractivity contribution in [3.05, 3.63) is 59.4 Å². The highest BCUT2D eigenvalue weighted by atomic mass is 19.1. The Bertz CT molecular complexity index is 684. The van der Waals surface area contributed by atoms with Crippen LogP contribution in [0.15, 0.2) is 42.5 Å². The van der Waals surface area contributed by atoms with Crippen molar-refractivity contribution in [2.75, 3.05) is 18.6 Å². The van der Waals surface area contributed by atoms with E-state index in [0.717, 1.165) is 24.1 Å². The monoisotopic (exact) mass is 285 g/mol. The van der Waals surface area contributed by atoms with E-state index in [9.17, 15) is 9.18 Å². The number of anilines is 1. The Hall–Kier alpha value is -2.36. The smallest absolute Gasteiger partial charge is 0.258 e. The summed E-state index contributed by atoms with van der Waals surface area (Å²) in [5.41, 5.74) is 2.26. The number of carbonyl (C=O) groups excluding carboxylic acids is 1. The van der Waals surface area contributed by atoms with Crippen molar-refractivity contribution in [1.29, 1.82) is 0 Å². The second-order valence-electron chi connectivity index (χ2n) is 5.07. The van der Waals surface area contributed by atoms with Crippen LogP contribution in [0.5, 0.6) is 5.75 Å². The number of hydrogen-bond donors (Lipinski definition) is 0. The van der Waals surface area contributed by atoms with E-state index in [4.69, 9.17) is 4.74 Å². The second-order valence-corrected chi connectivity index (χ2v) is 5.07. The lowest BCUT2D eigenvalue weighted by molar-refractivity contribution is 0.0984. The molecule has 0 saturated heterocycles. The summed E-state index contributed by atoms with van der Waals surface area (Å²) in [6.07, 6.45) is 1.64.